The van der Waals surface area contributed by atoms with Crippen molar-refractivity contribution >= 4 is 11.5 Å². The van der Waals surface area contributed by atoms with E-state index in [1.807, 2.05) is 43.2 Å². The molecule has 0 spiro atoms. The van der Waals surface area contributed by atoms with Gasteiger partial charge in [0.1, 0.15) is 5.69 Å². The predicted molar refractivity (Wildman–Crippen MR) is 75.3 cm³/mol. The molecule has 0 aliphatic carbocycles. The maximum absolute atomic E-state index is 4.48. The standard InChI is InChI=1S/C14H15N5/c1-10-7-11(16-8-13(10)18(2)3)12-9-19-6-4-5-15-14(19)17-12/h4-9H,1-3H3. The Labute approximate surface area is 111 Å². The number of nitrogens with zero attached hydrogens (tertiary/aromatic N) is 5. The molecule has 0 unspecified atom stereocenters. The number of pyridine rings is 1. The van der Waals surface area contributed by atoms with Crippen molar-refractivity contribution in [1.29, 1.82) is 0 Å². The first-order valence-corrected chi connectivity index (χ1v) is 6.09. The maximum atomic E-state index is 4.48. The molecule has 0 aliphatic rings. The first-order valence-electron chi connectivity index (χ1n) is 6.09. The second-order valence-corrected chi connectivity index (χ2v) is 4.70. The van der Waals surface area contributed by atoms with Crippen LogP contribution in [0, 0.1) is 6.92 Å². The summed E-state index contributed by atoms with van der Waals surface area (Å²) in [6, 6.07) is 3.93. The highest BCUT2D eigenvalue weighted by Crippen LogP contribution is 2.22. The van der Waals surface area contributed by atoms with Gasteiger partial charge in [-0.15, -0.1) is 0 Å². The van der Waals surface area contributed by atoms with Crippen molar-refractivity contribution in [3.63, 3.8) is 0 Å². The Morgan fingerprint density at radius 3 is 2.68 bits per heavy atom. The van der Waals surface area contributed by atoms with E-state index in [2.05, 4.69) is 32.8 Å². The third kappa shape index (κ3) is 2.03. The molecule has 96 valence electrons. The van der Waals surface area contributed by atoms with Gasteiger partial charge in [0.05, 0.1) is 17.6 Å². The molecule has 0 fully saturated rings. The normalized spacial score (nSPS) is 10.9. The first kappa shape index (κ1) is 11.6. The van der Waals surface area contributed by atoms with Crippen LogP contribution in [-0.2, 0) is 0 Å². The molecule has 5 nitrogen and oxygen atoms in total. The van der Waals surface area contributed by atoms with Gasteiger partial charge in [-0.25, -0.2) is 9.97 Å². The van der Waals surface area contributed by atoms with Gasteiger partial charge in [-0.2, -0.15) is 0 Å². The van der Waals surface area contributed by atoms with Crippen molar-refractivity contribution in [2.24, 2.45) is 0 Å². The smallest absolute Gasteiger partial charge is 0.234 e. The molecule has 0 saturated heterocycles. The van der Waals surface area contributed by atoms with Gasteiger partial charge in [-0.05, 0) is 24.6 Å². The highest BCUT2D eigenvalue weighted by Gasteiger charge is 2.09. The lowest BCUT2D eigenvalue weighted by molar-refractivity contribution is 1.09. The first-order chi connectivity index (χ1) is 9.15. The van der Waals surface area contributed by atoms with Gasteiger partial charge in [-0.1, -0.05) is 0 Å². The van der Waals surface area contributed by atoms with Crippen LogP contribution in [0.3, 0.4) is 0 Å². The zero-order valence-corrected chi connectivity index (χ0v) is 11.2. The van der Waals surface area contributed by atoms with Crippen LogP contribution in [0.2, 0.25) is 0 Å². The Morgan fingerprint density at radius 2 is 2.00 bits per heavy atom. The zero-order valence-electron chi connectivity index (χ0n) is 11.2. The van der Waals surface area contributed by atoms with E-state index in [1.165, 1.54) is 5.56 Å². The van der Waals surface area contributed by atoms with E-state index in [1.54, 1.807) is 6.20 Å². The number of fused-ring (bicyclic) bond motifs is 1. The summed E-state index contributed by atoms with van der Waals surface area (Å²) in [5, 5.41) is 0. The van der Waals surface area contributed by atoms with Crippen LogP contribution in [0.5, 0.6) is 0 Å². The number of rotatable bonds is 2. The number of hydrogen-bond acceptors (Lipinski definition) is 4. The summed E-state index contributed by atoms with van der Waals surface area (Å²) in [7, 11) is 4.02. The molecule has 0 atom stereocenters. The van der Waals surface area contributed by atoms with Crippen molar-refractivity contribution in [3.8, 4) is 11.4 Å². The molecule has 19 heavy (non-hydrogen) atoms. The molecule has 3 aromatic heterocycles. The number of hydrogen-bond donors (Lipinski definition) is 0. The Hall–Kier alpha value is -2.43. The van der Waals surface area contributed by atoms with Crippen LogP contribution in [0.25, 0.3) is 17.2 Å². The minimum Gasteiger partial charge on any atom is -0.376 e. The summed E-state index contributed by atoms with van der Waals surface area (Å²) in [5.74, 6) is 0.689. The molecular weight excluding hydrogens is 238 g/mol. The third-order valence-electron chi connectivity index (χ3n) is 3.06. The van der Waals surface area contributed by atoms with Crippen LogP contribution in [0.4, 0.5) is 5.69 Å². The fourth-order valence-corrected chi connectivity index (χ4v) is 2.11. The second kappa shape index (κ2) is 4.35. The summed E-state index contributed by atoms with van der Waals surface area (Å²) >= 11 is 0. The van der Waals surface area contributed by atoms with Crippen LogP contribution < -0.4 is 4.90 Å². The molecule has 3 heterocycles. The maximum Gasteiger partial charge on any atom is 0.234 e. The van der Waals surface area contributed by atoms with E-state index in [4.69, 9.17) is 0 Å². The van der Waals surface area contributed by atoms with E-state index in [0.717, 1.165) is 17.1 Å². The van der Waals surface area contributed by atoms with Crippen molar-refractivity contribution in [3.05, 3.63) is 42.5 Å². The molecule has 5 heteroatoms. The molecule has 0 N–H and O–H groups in total. The van der Waals surface area contributed by atoms with Crippen LogP contribution in [0.15, 0.2) is 36.9 Å². The van der Waals surface area contributed by atoms with Gasteiger partial charge < -0.3 is 4.90 Å². The number of anilines is 1. The van der Waals surface area contributed by atoms with Gasteiger partial charge in [0.2, 0.25) is 5.78 Å². The highest BCUT2D eigenvalue weighted by atomic mass is 15.1. The molecule has 0 amide bonds. The van der Waals surface area contributed by atoms with Gasteiger partial charge in [0.25, 0.3) is 0 Å². The Morgan fingerprint density at radius 1 is 1.16 bits per heavy atom. The SMILES string of the molecule is Cc1cc(-c2cn3cccnc3n2)ncc1N(C)C. The Bertz CT molecular complexity index is 697. The van der Waals surface area contributed by atoms with Gasteiger partial charge in [-0.3, -0.25) is 9.38 Å². The molecule has 0 saturated carbocycles. The topological polar surface area (TPSA) is 46.3 Å². The lowest BCUT2D eigenvalue weighted by atomic mass is 10.2. The van der Waals surface area contributed by atoms with Gasteiger partial charge in [0.15, 0.2) is 0 Å². The molecule has 3 rings (SSSR count). The Balaban J connectivity index is 2.09. The van der Waals surface area contributed by atoms with E-state index < -0.39 is 0 Å². The minimum atomic E-state index is 0.689. The predicted octanol–water partition coefficient (Wildman–Crippen LogP) is 2.17. The van der Waals surface area contributed by atoms with Crippen LogP contribution in [-0.4, -0.2) is 33.4 Å². The molecule has 3 aromatic rings. The lowest BCUT2D eigenvalue weighted by Gasteiger charge is -2.15. The molecule has 0 bridgehead atoms. The highest BCUT2D eigenvalue weighted by molar-refractivity contribution is 5.62. The average molecular weight is 253 g/mol. The van der Waals surface area contributed by atoms with E-state index >= 15 is 0 Å². The number of imidazole rings is 1. The summed E-state index contributed by atoms with van der Waals surface area (Å²) in [6.07, 6.45) is 7.49. The summed E-state index contributed by atoms with van der Waals surface area (Å²) in [4.78, 5) is 15.2. The molecule has 0 aliphatic heterocycles. The lowest BCUT2D eigenvalue weighted by Crippen LogP contribution is -2.10. The number of aryl methyl sites for hydroxylation is 1. The van der Waals surface area contributed by atoms with E-state index in [-0.39, 0.29) is 0 Å². The summed E-state index contributed by atoms with van der Waals surface area (Å²) < 4.78 is 1.90. The molecule has 0 aromatic carbocycles. The number of aromatic nitrogens is 4. The molecule has 0 radical (unpaired) electrons. The fraction of sp³-hybridized carbons (Fsp3) is 0.214. The summed E-state index contributed by atoms with van der Waals surface area (Å²) in [6.45, 7) is 2.08. The van der Waals surface area contributed by atoms with Crippen LogP contribution >= 0.6 is 0 Å². The van der Waals surface area contributed by atoms with E-state index in [0.29, 0.717) is 5.78 Å². The Kier molecular flexibility index (Phi) is 2.67. The monoisotopic (exact) mass is 253 g/mol. The fourth-order valence-electron chi connectivity index (χ4n) is 2.11. The summed E-state index contributed by atoms with van der Waals surface area (Å²) in [5.41, 5.74) is 4.01. The van der Waals surface area contributed by atoms with Gasteiger partial charge >= 0.3 is 0 Å². The largest absolute Gasteiger partial charge is 0.376 e. The molecular formula is C14H15N5. The minimum absolute atomic E-state index is 0.689. The van der Waals surface area contributed by atoms with Crippen molar-refractivity contribution < 1.29 is 0 Å². The average Bonchev–Trinajstić information content (AvgIpc) is 2.81. The van der Waals surface area contributed by atoms with E-state index in [9.17, 15) is 0 Å². The second-order valence-electron chi connectivity index (χ2n) is 4.70. The third-order valence-corrected chi connectivity index (χ3v) is 3.06. The van der Waals surface area contributed by atoms with Crippen molar-refractivity contribution in [1.82, 2.24) is 19.4 Å². The van der Waals surface area contributed by atoms with Crippen molar-refractivity contribution in [2.75, 3.05) is 19.0 Å². The zero-order chi connectivity index (χ0) is 13.4. The quantitative estimate of drug-likeness (QED) is 0.702. The van der Waals surface area contributed by atoms with Crippen molar-refractivity contribution in [2.45, 2.75) is 6.92 Å². The van der Waals surface area contributed by atoms with Crippen LogP contribution in [0.1, 0.15) is 5.56 Å². The van der Waals surface area contributed by atoms with Gasteiger partial charge in [0, 0.05) is 32.7 Å².